The summed E-state index contributed by atoms with van der Waals surface area (Å²) < 4.78 is 5.56. The molecule has 0 bridgehead atoms. The van der Waals surface area contributed by atoms with E-state index in [-0.39, 0.29) is 11.8 Å². The first-order valence-corrected chi connectivity index (χ1v) is 8.98. The maximum Gasteiger partial charge on any atom is 0.222 e. The number of amides is 2. The fraction of sp³-hybridized carbons (Fsp3) is 0.579. The van der Waals surface area contributed by atoms with E-state index >= 15 is 0 Å². The van der Waals surface area contributed by atoms with Gasteiger partial charge < -0.3 is 15.0 Å². The standard InChI is InChI=1S/C19H28N2O3/c22-18(11-7-16-24-17-9-3-1-4-10-17)20-13-8-15-21-14-6-2-5-12-19(21)23/h1,3-4,9-10H,2,5-8,11-16H2,(H,20,22). The van der Waals surface area contributed by atoms with Gasteiger partial charge in [0.1, 0.15) is 5.75 Å². The van der Waals surface area contributed by atoms with E-state index in [4.69, 9.17) is 4.74 Å². The van der Waals surface area contributed by atoms with Crippen molar-refractivity contribution >= 4 is 11.8 Å². The van der Waals surface area contributed by atoms with Gasteiger partial charge in [-0.25, -0.2) is 0 Å². The molecule has 0 aliphatic carbocycles. The third-order valence-corrected chi connectivity index (χ3v) is 4.16. The molecule has 1 N–H and O–H groups in total. The van der Waals surface area contributed by atoms with Crippen LogP contribution in [-0.2, 0) is 9.59 Å². The SMILES string of the molecule is O=C(CCCOc1ccccc1)NCCCN1CCCCCC1=O. The number of nitrogens with one attached hydrogen (secondary N) is 1. The smallest absolute Gasteiger partial charge is 0.222 e. The molecule has 5 nitrogen and oxygen atoms in total. The molecule has 132 valence electrons. The van der Waals surface area contributed by atoms with Crippen molar-refractivity contribution in [3.8, 4) is 5.75 Å². The highest BCUT2D eigenvalue weighted by Crippen LogP contribution is 2.11. The second-order valence-electron chi connectivity index (χ2n) is 6.16. The highest BCUT2D eigenvalue weighted by Gasteiger charge is 2.15. The van der Waals surface area contributed by atoms with Gasteiger partial charge in [0, 0.05) is 32.5 Å². The zero-order valence-corrected chi connectivity index (χ0v) is 14.3. The van der Waals surface area contributed by atoms with Gasteiger partial charge in [-0.3, -0.25) is 9.59 Å². The zero-order chi connectivity index (χ0) is 17.0. The lowest BCUT2D eigenvalue weighted by molar-refractivity contribution is -0.130. The minimum absolute atomic E-state index is 0.0499. The zero-order valence-electron chi connectivity index (χ0n) is 14.3. The van der Waals surface area contributed by atoms with Gasteiger partial charge in [-0.15, -0.1) is 0 Å². The van der Waals surface area contributed by atoms with Crippen LogP contribution in [0, 0.1) is 0 Å². The van der Waals surface area contributed by atoms with Crippen LogP contribution in [-0.4, -0.2) is 43.0 Å². The molecule has 24 heavy (non-hydrogen) atoms. The van der Waals surface area contributed by atoms with Crippen LogP contribution in [0.15, 0.2) is 30.3 Å². The maximum atomic E-state index is 11.9. The summed E-state index contributed by atoms with van der Waals surface area (Å²) in [7, 11) is 0. The summed E-state index contributed by atoms with van der Waals surface area (Å²) in [5.74, 6) is 1.14. The summed E-state index contributed by atoms with van der Waals surface area (Å²) >= 11 is 0. The number of nitrogens with zero attached hydrogens (tertiary/aromatic N) is 1. The predicted octanol–water partition coefficient (Wildman–Crippen LogP) is 2.75. The van der Waals surface area contributed by atoms with Crippen LogP contribution >= 0.6 is 0 Å². The number of likely N-dealkylation sites (tertiary alicyclic amines) is 1. The van der Waals surface area contributed by atoms with Crippen LogP contribution in [0.3, 0.4) is 0 Å². The molecule has 0 radical (unpaired) electrons. The van der Waals surface area contributed by atoms with Crippen molar-refractivity contribution in [2.45, 2.75) is 44.9 Å². The number of rotatable bonds is 9. The molecule has 0 atom stereocenters. The van der Waals surface area contributed by atoms with E-state index in [1.165, 1.54) is 0 Å². The van der Waals surface area contributed by atoms with Gasteiger partial charge >= 0.3 is 0 Å². The van der Waals surface area contributed by atoms with Crippen LogP contribution in [0.5, 0.6) is 5.75 Å². The first kappa shape index (κ1) is 18.3. The van der Waals surface area contributed by atoms with Crippen molar-refractivity contribution in [1.82, 2.24) is 10.2 Å². The van der Waals surface area contributed by atoms with Gasteiger partial charge in [-0.05, 0) is 37.8 Å². The number of para-hydroxylation sites is 1. The van der Waals surface area contributed by atoms with E-state index in [0.29, 0.717) is 32.4 Å². The van der Waals surface area contributed by atoms with Crippen LogP contribution < -0.4 is 10.1 Å². The molecule has 1 aromatic carbocycles. The van der Waals surface area contributed by atoms with E-state index in [1.807, 2.05) is 35.2 Å². The predicted molar refractivity (Wildman–Crippen MR) is 93.8 cm³/mol. The molecule has 5 heteroatoms. The Bertz CT molecular complexity index is 505. The molecule has 2 amide bonds. The van der Waals surface area contributed by atoms with Gasteiger partial charge in [-0.2, -0.15) is 0 Å². The summed E-state index contributed by atoms with van der Waals surface area (Å²) in [4.78, 5) is 25.6. The van der Waals surface area contributed by atoms with E-state index in [9.17, 15) is 9.59 Å². The minimum atomic E-state index is 0.0499. The van der Waals surface area contributed by atoms with Gasteiger partial charge in [0.15, 0.2) is 0 Å². The Labute approximate surface area is 144 Å². The Morgan fingerprint density at radius 3 is 2.79 bits per heavy atom. The van der Waals surface area contributed by atoms with Crippen LogP contribution in [0.1, 0.15) is 44.9 Å². The molecule has 1 aliphatic heterocycles. The summed E-state index contributed by atoms with van der Waals surface area (Å²) in [5.41, 5.74) is 0. The molecule has 0 saturated carbocycles. The summed E-state index contributed by atoms with van der Waals surface area (Å²) in [6.45, 7) is 2.78. The third kappa shape index (κ3) is 7.02. The van der Waals surface area contributed by atoms with Crippen molar-refractivity contribution in [2.24, 2.45) is 0 Å². The summed E-state index contributed by atoms with van der Waals surface area (Å²) in [5, 5.41) is 2.92. The monoisotopic (exact) mass is 332 g/mol. The fourth-order valence-corrected chi connectivity index (χ4v) is 2.80. The fourth-order valence-electron chi connectivity index (χ4n) is 2.80. The first-order valence-electron chi connectivity index (χ1n) is 8.98. The van der Waals surface area contributed by atoms with Gasteiger partial charge in [-0.1, -0.05) is 24.6 Å². The van der Waals surface area contributed by atoms with Crippen LogP contribution in [0.25, 0.3) is 0 Å². The number of carbonyl (C=O) groups is 2. The molecule has 1 fully saturated rings. The Morgan fingerprint density at radius 2 is 1.96 bits per heavy atom. The van der Waals surface area contributed by atoms with Crippen molar-refractivity contribution in [3.05, 3.63) is 30.3 Å². The van der Waals surface area contributed by atoms with Crippen molar-refractivity contribution in [3.63, 3.8) is 0 Å². The van der Waals surface area contributed by atoms with E-state index in [0.717, 1.165) is 44.5 Å². The second-order valence-corrected chi connectivity index (χ2v) is 6.16. The molecule has 2 rings (SSSR count). The lowest BCUT2D eigenvalue weighted by Crippen LogP contribution is -2.34. The molecule has 1 aromatic rings. The number of benzene rings is 1. The van der Waals surface area contributed by atoms with Gasteiger partial charge in [0.25, 0.3) is 0 Å². The number of carbonyl (C=O) groups excluding carboxylic acids is 2. The maximum absolute atomic E-state index is 11.9. The molecule has 0 spiro atoms. The Morgan fingerprint density at radius 1 is 1.12 bits per heavy atom. The first-order chi connectivity index (χ1) is 11.8. The average molecular weight is 332 g/mol. The van der Waals surface area contributed by atoms with E-state index in [1.54, 1.807) is 0 Å². The molecule has 0 unspecified atom stereocenters. The van der Waals surface area contributed by atoms with E-state index < -0.39 is 0 Å². The van der Waals surface area contributed by atoms with Crippen molar-refractivity contribution in [1.29, 1.82) is 0 Å². The summed E-state index contributed by atoms with van der Waals surface area (Å²) in [6, 6.07) is 9.61. The molecule has 1 saturated heterocycles. The highest BCUT2D eigenvalue weighted by molar-refractivity contribution is 5.76. The second kappa shape index (κ2) is 10.7. The van der Waals surface area contributed by atoms with E-state index in [2.05, 4.69) is 5.32 Å². The topological polar surface area (TPSA) is 58.6 Å². The lowest BCUT2D eigenvalue weighted by Gasteiger charge is -2.20. The number of ether oxygens (including phenoxy) is 1. The minimum Gasteiger partial charge on any atom is -0.494 e. The lowest BCUT2D eigenvalue weighted by atomic mass is 10.2. The number of hydrogen-bond acceptors (Lipinski definition) is 3. The Kier molecular flexibility index (Phi) is 8.15. The third-order valence-electron chi connectivity index (χ3n) is 4.16. The largest absolute Gasteiger partial charge is 0.494 e. The van der Waals surface area contributed by atoms with Crippen LogP contribution in [0.4, 0.5) is 0 Å². The van der Waals surface area contributed by atoms with Gasteiger partial charge in [0.05, 0.1) is 6.61 Å². The quantitative estimate of drug-likeness (QED) is 0.708. The Hall–Kier alpha value is -2.04. The molecular formula is C19H28N2O3. The number of hydrogen-bond donors (Lipinski definition) is 1. The Balaban J connectivity index is 1.49. The molecule has 1 aliphatic rings. The highest BCUT2D eigenvalue weighted by atomic mass is 16.5. The molecule has 1 heterocycles. The average Bonchev–Trinajstić information content (AvgIpc) is 2.81. The van der Waals surface area contributed by atoms with Crippen molar-refractivity contribution < 1.29 is 14.3 Å². The molecule has 0 aromatic heterocycles. The summed E-state index contributed by atoms with van der Waals surface area (Å²) in [6.07, 6.45) is 5.91. The van der Waals surface area contributed by atoms with Crippen molar-refractivity contribution in [2.75, 3.05) is 26.2 Å². The molecular weight excluding hydrogens is 304 g/mol. The normalized spacial score (nSPS) is 15.0. The van der Waals surface area contributed by atoms with Gasteiger partial charge in [0.2, 0.25) is 11.8 Å². The van der Waals surface area contributed by atoms with Crippen LogP contribution in [0.2, 0.25) is 0 Å².